The van der Waals surface area contributed by atoms with E-state index in [1.807, 2.05) is 4.72 Å². The summed E-state index contributed by atoms with van der Waals surface area (Å²) in [6, 6.07) is 5.47. The molecule has 0 saturated heterocycles. The molecule has 1 aromatic rings. The Morgan fingerprint density at radius 1 is 1.21 bits per heavy atom. The summed E-state index contributed by atoms with van der Waals surface area (Å²) in [5.74, 6) is -1.09. The topological polar surface area (TPSA) is 89.5 Å². The predicted molar refractivity (Wildman–Crippen MR) is 69.2 cm³/mol. The Bertz CT molecular complexity index is 616. The molecular weight excluding hydrogens is 270 g/mol. The van der Waals surface area contributed by atoms with Crippen LogP contribution in [0.15, 0.2) is 36.4 Å². The lowest BCUT2D eigenvalue weighted by atomic mass is 10.2. The summed E-state index contributed by atoms with van der Waals surface area (Å²) >= 11 is 0. The zero-order valence-electron chi connectivity index (χ0n) is 10.5. The zero-order chi connectivity index (χ0) is 14.6. The second kappa shape index (κ2) is 5.66. The van der Waals surface area contributed by atoms with Gasteiger partial charge in [-0.2, -0.15) is 0 Å². The van der Waals surface area contributed by atoms with Crippen LogP contribution < -0.4 is 9.46 Å². The lowest BCUT2D eigenvalue weighted by molar-refractivity contribution is -0.130. The van der Waals surface area contributed by atoms with Crippen LogP contribution in [0, 0.1) is 0 Å². The number of sulfonamides is 1. The molecule has 0 aromatic heterocycles. The van der Waals surface area contributed by atoms with Crippen LogP contribution in [-0.2, 0) is 14.8 Å². The van der Waals surface area contributed by atoms with Crippen molar-refractivity contribution in [3.63, 3.8) is 0 Å². The first-order valence-electron chi connectivity index (χ1n) is 5.19. The Labute approximate surface area is 111 Å². The molecule has 0 saturated carbocycles. The summed E-state index contributed by atoms with van der Waals surface area (Å²) in [7, 11) is -3.61. The van der Waals surface area contributed by atoms with Crippen LogP contribution in [0.1, 0.15) is 17.3 Å². The Morgan fingerprint density at radius 3 is 2.16 bits per heavy atom. The molecule has 0 unspecified atom stereocenters. The van der Waals surface area contributed by atoms with E-state index in [1.54, 1.807) is 0 Å². The highest BCUT2D eigenvalue weighted by molar-refractivity contribution is 7.89. The Balaban J connectivity index is 2.79. The van der Waals surface area contributed by atoms with E-state index in [2.05, 4.69) is 6.58 Å². The largest absolute Gasteiger partial charge is 0.423 e. The van der Waals surface area contributed by atoms with Crippen LogP contribution in [-0.4, -0.2) is 26.6 Å². The third-order valence-electron chi connectivity index (χ3n) is 1.95. The lowest BCUT2D eigenvalue weighted by Gasteiger charge is -2.05. The van der Waals surface area contributed by atoms with Gasteiger partial charge in [0.2, 0.25) is 10.0 Å². The summed E-state index contributed by atoms with van der Waals surface area (Å²) < 4.78 is 28.5. The fourth-order valence-electron chi connectivity index (χ4n) is 1.10. The van der Waals surface area contributed by atoms with Gasteiger partial charge in [-0.1, -0.05) is 6.58 Å². The fraction of sp³-hybridized carbons (Fsp3) is 0.167. The number of rotatable bonds is 4. The van der Waals surface area contributed by atoms with Crippen molar-refractivity contribution in [3.8, 4) is 5.75 Å². The minimum atomic E-state index is -3.61. The van der Waals surface area contributed by atoms with Crippen molar-refractivity contribution in [2.45, 2.75) is 6.92 Å². The standard InChI is InChI=1S/C12H13NO5S/c1-8(2)12(15)18-10-6-4-9(5-7-10)11(14)13-19(3,16)17/h4-7H,1H2,2-3H3,(H,13,14). The smallest absolute Gasteiger partial charge is 0.338 e. The molecule has 0 aliphatic rings. The Kier molecular flexibility index (Phi) is 4.44. The summed E-state index contributed by atoms with van der Waals surface area (Å²) in [4.78, 5) is 22.7. The van der Waals surface area contributed by atoms with Crippen LogP contribution >= 0.6 is 0 Å². The van der Waals surface area contributed by atoms with Gasteiger partial charge in [-0.25, -0.2) is 17.9 Å². The Morgan fingerprint density at radius 2 is 1.74 bits per heavy atom. The van der Waals surface area contributed by atoms with Crippen molar-refractivity contribution >= 4 is 21.9 Å². The maximum Gasteiger partial charge on any atom is 0.338 e. The molecule has 1 N–H and O–H groups in total. The van der Waals surface area contributed by atoms with E-state index in [-0.39, 0.29) is 16.9 Å². The Hall–Kier alpha value is -2.15. The molecular formula is C12H13NO5S. The highest BCUT2D eigenvalue weighted by Crippen LogP contribution is 2.13. The van der Waals surface area contributed by atoms with Crippen LogP contribution in [0.2, 0.25) is 0 Å². The van der Waals surface area contributed by atoms with Crippen LogP contribution in [0.5, 0.6) is 5.75 Å². The first kappa shape index (κ1) is 14.9. The minimum absolute atomic E-state index is 0.139. The average Bonchev–Trinajstić information content (AvgIpc) is 2.27. The molecule has 102 valence electrons. The predicted octanol–water partition coefficient (Wildman–Crippen LogP) is 0.858. The summed E-state index contributed by atoms with van der Waals surface area (Å²) in [5.41, 5.74) is 0.388. The zero-order valence-corrected chi connectivity index (χ0v) is 11.3. The number of benzene rings is 1. The molecule has 7 heteroatoms. The van der Waals surface area contributed by atoms with Crippen LogP contribution in [0.25, 0.3) is 0 Å². The molecule has 19 heavy (non-hydrogen) atoms. The van der Waals surface area contributed by atoms with E-state index in [0.717, 1.165) is 6.26 Å². The third-order valence-corrected chi connectivity index (χ3v) is 2.51. The van der Waals surface area contributed by atoms with Gasteiger partial charge in [0.05, 0.1) is 6.26 Å². The molecule has 0 atom stereocenters. The van der Waals surface area contributed by atoms with E-state index in [1.165, 1.54) is 31.2 Å². The van der Waals surface area contributed by atoms with E-state index >= 15 is 0 Å². The van der Waals surface area contributed by atoms with Gasteiger partial charge >= 0.3 is 5.97 Å². The van der Waals surface area contributed by atoms with Gasteiger partial charge < -0.3 is 4.74 Å². The van der Waals surface area contributed by atoms with E-state index in [9.17, 15) is 18.0 Å². The number of hydrogen-bond donors (Lipinski definition) is 1. The molecule has 0 aliphatic carbocycles. The number of hydrogen-bond acceptors (Lipinski definition) is 5. The molecule has 6 nitrogen and oxygen atoms in total. The monoisotopic (exact) mass is 283 g/mol. The molecule has 0 heterocycles. The fourth-order valence-corrected chi connectivity index (χ4v) is 1.55. The quantitative estimate of drug-likeness (QED) is 0.503. The second-order valence-corrected chi connectivity index (χ2v) is 5.65. The first-order chi connectivity index (χ1) is 8.69. The number of amides is 1. The number of esters is 1. The van der Waals surface area contributed by atoms with Crippen LogP contribution in [0.4, 0.5) is 0 Å². The maximum absolute atomic E-state index is 11.5. The van der Waals surface area contributed by atoms with Crippen molar-refractivity contribution in [2.24, 2.45) is 0 Å². The highest BCUT2D eigenvalue weighted by Gasteiger charge is 2.11. The van der Waals surface area contributed by atoms with E-state index < -0.39 is 21.9 Å². The molecule has 0 radical (unpaired) electrons. The molecule has 0 spiro atoms. The second-order valence-electron chi connectivity index (χ2n) is 3.90. The van der Waals surface area contributed by atoms with Crippen molar-refractivity contribution in [1.82, 2.24) is 4.72 Å². The number of ether oxygens (including phenoxy) is 1. The van der Waals surface area contributed by atoms with Gasteiger partial charge in [0.15, 0.2) is 0 Å². The van der Waals surface area contributed by atoms with E-state index in [0.29, 0.717) is 0 Å². The van der Waals surface area contributed by atoms with Gasteiger partial charge in [-0.3, -0.25) is 4.79 Å². The third kappa shape index (κ3) is 4.92. The van der Waals surface area contributed by atoms with Gasteiger partial charge in [0.25, 0.3) is 5.91 Å². The van der Waals surface area contributed by atoms with Crippen molar-refractivity contribution in [2.75, 3.05) is 6.26 Å². The normalized spacial score (nSPS) is 10.6. The molecule has 0 fully saturated rings. The molecule has 0 bridgehead atoms. The lowest BCUT2D eigenvalue weighted by Crippen LogP contribution is -2.29. The number of carbonyl (C=O) groups is 2. The van der Waals surface area contributed by atoms with Gasteiger partial charge in [0, 0.05) is 11.1 Å². The SMILES string of the molecule is C=C(C)C(=O)Oc1ccc(C(=O)NS(C)(=O)=O)cc1. The number of nitrogens with one attached hydrogen (secondary N) is 1. The molecule has 1 rings (SSSR count). The summed E-state index contributed by atoms with van der Waals surface area (Å²) in [5, 5.41) is 0. The van der Waals surface area contributed by atoms with Crippen molar-refractivity contribution < 1.29 is 22.7 Å². The van der Waals surface area contributed by atoms with Crippen molar-refractivity contribution in [3.05, 3.63) is 42.0 Å². The highest BCUT2D eigenvalue weighted by atomic mass is 32.2. The van der Waals surface area contributed by atoms with Crippen LogP contribution in [0.3, 0.4) is 0 Å². The average molecular weight is 283 g/mol. The summed E-state index contributed by atoms with van der Waals surface area (Å²) in [6.45, 7) is 4.94. The minimum Gasteiger partial charge on any atom is -0.423 e. The van der Waals surface area contributed by atoms with Gasteiger partial charge in [-0.15, -0.1) is 0 Å². The van der Waals surface area contributed by atoms with Gasteiger partial charge in [-0.05, 0) is 31.2 Å². The first-order valence-corrected chi connectivity index (χ1v) is 7.08. The van der Waals surface area contributed by atoms with E-state index in [4.69, 9.17) is 4.74 Å². The summed E-state index contributed by atoms with van der Waals surface area (Å²) in [6.07, 6.45) is 0.883. The maximum atomic E-state index is 11.5. The van der Waals surface area contributed by atoms with Crippen molar-refractivity contribution in [1.29, 1.82) is 0 Å². The van der Waals surface area contributed by atoms with Gasteiger partial charge in [0.1, 0.15) is 5.75 Å². The molecule has 1 amide bonds. The number of carbonyl (C=O) groups excluding carboxylic acids is 2. The molecule has 0 aliphatic heterocycles. The molecule has 1 aromatic carbocycles.